The highest BCUT2D eigenvalue weighted by atomic mass is 127. The number of non-ortho nitro benzene ring substituents is 1. The van der Waals surface area contributed by atoms with E-state index in [0.717, 1.165) is 50.4 Å². The lowest BCUT2D eigenvalue weighted by molar-refractivity contribution is -0.384. The van der Waals surface area contributed by atoms with Crippen LogP contribution in [0, 0.1) is 10.1 Å². The lowest BCUT2D eigenvalue weighted by Crippen LogP contribution is -2.54. The van der Waals surface area contributed by atoms with Crippen LogP contribution in [0.1, 0.15) is 25.3 Å². The summed E-state index contributed by atoms with van der Waals surface area (Å²) in [6, 6.07) is 6.72. The molecule has 29 heavy (non-hydrogen) atoms. The number of halogens is 1. The van der Waals surface area contributed by atoms with E-state index in [0.29, 0.717) is 19.7 Å². The average molecular weight is 519 g/mol. The Hall–Kier alpha value is -2.11. The standard InChI is InChI=1S/C19H29N5O4.HI/c1-3-28-19(25)23-14-12-22(13-15-23)18(20-2)21-11-5-4-6-16-7-9-17(10-8-16)24(26)27;/h7-10H,3-6,11-15H2,1-2H3,(H,20,21);1H. The molecule has 1 heterocycles. The first-order valence-electron chi connectivity index (χ1n) is 9.65. The van der Waals surface area contributed by atoms with Gasteiger partial charge in [0.1, 0.15) is 0 Å². The normalized spacial score (nSPS) is 14.2. The minimum absolute atomic E-state index is 0. The van der Waals surface area contributed by atoms with E-state index < -0.39 is 0 Å². The molecule has 1 N–H and O–H groups in total. The van der Waals surface area contributed by atoms with Crippen molar-refractivity contribution in [1.82, 2.24) is 15.1 Å². The van der Waals surface area contributed by atoms with Gasteiger partial charge in [0, 0.05) is 51.9 Å². The predicted molar refractivity (Wildman–Crippen MR) is 123 cm³/mol. The summed E-state index contributed by atoms with van der Waals surface area (Å²) < 4.78 is 5.04. The van der Waals surface area contributed by atoms with E-state index in [1.165, 1.54) is 0 Å². The third kappa shape index (κ3) is 8.03. The van der Waals surface area contributed by atoms with Gasteiger partial charge in [0.2, 0.25) is 0 Å². The number of nitrogens with zero attached hydrogens (tertiary/aromatic N) is 4. The summed E-state index contributed by atoms with van der Waals surface area (Å²) in [5.41, 5.74) is 1.22. The van der Waals surface area contributed by atoms with Gasteiger partial charge in [-0.05, 0) is 31.7 Å². The minimum atomic E-state index is -0.383. The van der Waals surface area contributed by atoms with Crippen LogP contribution in [-0.2, 0) is 11.2 Å². The Bertz CT molecular complexity index is 676. The second-order valence-electron chi connectivity index (χ2n) is 6.53. The molecule has 1 aromatic rings. The molecule has 0 spiro atoms. The summed E-state index contributed by atoms with van der Waals surface area (Å²) in [7, 11) is 1.76. The number of unbranched alkanes of at least 4 members (excludes halogenated alkanes) is 1. The number of ether oxygens (including phenoxy) is 1. The molecular formula is C19H30IN5O4. The number of benzene rings is 1. The van der Waals surface area contributed by atoms with Crippen molar-refractivity contribution in [3.63, 3.8) is 0 Å². The second kappa shape index (κ2) is 13.2. The highest BCUT2D eigenvalue weighted by Crippen LogP contribution is 2.13. The van der Waals surface area contributed by atoms with Crippen LogP contribution in [0.3, 0.4) is 0 Å². The minimum Gasteiger partial charge on any atom is -0.450 e. The molecule has 0 aromatic heterocycles. The Balaban J connectivity index is 0.00000420. The van der Waals surface area contributed by atoms with E-state index >= 15 is 0 Å². The fourth-order valence-electron chi connectivity index (χ4n) is 3.09. The zero-order valence-electron chi connectivity index (χ0n) is 17.0. The number of guanidine groups is 1. The third-order valence-corrected chi connectivity index (χ3v) is 4.64. The fraction of sp³-hybridized carbons (Fsp3) is 0.579. The quantitative estimate of drug-likeness (QED) is 0.149. The molecule has 1 aliphatic heterocycles. The molecule has 0 bridgehead atoms. The van der Waals surface area contributed by atoms with Crippen LogP contribution in [0.4, 0.5) is 10.5 Å². The van der Waals surface area contributed by atoms with Crippen molar-refractivity contribution in [2.75, 3.05) is 46.4 Å². The number of hydrogen-bond acceptors (Lipinski definition) is 5. The number of nitro benzene ring substituents is 1. The largest absolute Gasteiger partial charge is 0.450 e. The number of rotatable bonds is 7. The molecule has 1 amide bonds. The van der Waals surface area contributed by atoms with Gasteiger partial charge in [-0.25, -0.2) is 4.79 Å². The third-order valence-electron chi connectivity index (χ3n) is 4.64. The van der Waals surface area contributed by atoms with Crippen LogP contribution in [0.15, 0.2) is 29.3 Å². The number of piperazine rings is 1. The van der Waals surface area contributed by atoms with Crippen molar-refractivity contribution >= 4 is 41.7 Å². The highest BCUT2D eigenvalue weighted by molar-refractivity contribution is 14.0. The first-order valence-corrected chi connectivity index (χ1v) is 9.65. The van der Waals surface area contributed by atoms with Crippen LogP contribution < -0.4 is 5.32 Å². The Labute approximate surface area is 188 Å². The monoisotopic (exact) mass is 519 g/mol. The zero-order chi connectivity index (χ0) is 20.4. The summed E-state index contributed by atoms with van der Waals surface area (Å²) in [5.74, 6) is 0.846. The summed E-state index contributed by atoms with van der Waals surface area (Å²) >= 11 is 0. The van der Waals surface area contributed by atoms with Gasteiger partial charge in [0.25, 0.3) is 5.69 Å². The van der Waals surface area contributed by atoms with Gasteiger partial charge in [-0.1, -0.05) is 12.1 Å². The number of amides is 1. The fourth-order valence-corrected chi connectivity index (χ4v) is 3.09. The van der Waals surface area contributed by atoms with Crippen molar-refractivity contribution in [3.8, 4) is 0 Å². The summed E-state index contributed by atoms with van der Waals surface area (Å²) in [5, 5.41) is 14.0. The second-order valence-corrected chi connectivity index (χ2v) is 6.53. The van der Waals surface area contributed by atoms with E-state index in [1.807, 2.05) is 19.1 Å². The molecule has 2 rings (SSSR count). The Morgan fingerprint density at radius 3 is 2.34 bits per heavy atom. The number of nitrogens with one attached hydrogen (secondary N) is 1. The van der Waals surface area contributed by atoms with Crippen molar-refractivity contribution < 1.29 is 14.5 Å². The Morgan fingerprint density at radius 1 is 1.17 bits per heavy atom. The van der Waals surface area contributed by atoms with Gasteiger partial charge < -0.3 is 19.9 Å². The number of carbonyl (C=O) groups excluding carboxylic acids is 1. The number of carbonyl (C=O) groups is 1. The Kier molecular flexibility index (Phi) is 11.3. The van der Waals surface area contributed by atoms with Crippen molar-refractivity contribution in [2.24, 2.45) is 4.99 Å². The van der Waals surface area contributed by atoms with Crippen LogP contribution in [-0.4, -0.2) is 73.2 Å². The van der Waals surface area contributed by atoms with Crippen LogP contribution in [0.25, 0.3) is 0 Å². The van der Waals surface area contributed by atoms with E-state index in [1.54, 1.807) is 24.1 Å². The molecule has 0 aliphatic carbocycles. The maximum absolute atomic E-state index is 11.8. The van der Waals surface area contributed by atoms with Crippen LogP contribution in [0.2, 0.25) is 0 Å². The van der Waals surface area contributed by atoms with Gasteiger partial charge >= 0.3 is 6.09 Å². The summed E-state index contributed by atoms with van der Waals surface area (Å²) in [4.78, 5) is 30.2. The average Bonchev–Trinajstić information content (AvgIpc) is 2.71. The molecule has 0 unspecified atom stereocenters. The van der Waals surface area contributed by atoms with Crippen LogP contribution in [0.5, 0.6) is 0 Å². The van der Waals surface area contributed by atoms with Gasteiger partial charge in [0.05, 0.1) is 11.5 Å². The SMILES string of the molecule is CCOC(=O)N1CCN(C(=NC)NCCCCc2ccc([N+](=O)[O-])cc2)CC1.I. The van der Waals surface area contributed by atoms with Gasteiger partial charge in [-0.15, -0.1) is 24.0 Å². The zero-order valence-corrected chi connectivity index (χ0v) is 19.3. The maximum Gasteiger partial charge on any atom is 0.409 e. The molecule has 1 saturated heterocycles. The smallest absolute Gasteiger partial charge is 0.409 e. The molecule has 1 aliphatic rings. The summed E-state index contributed by atoms with van der Waals surface area (Å²) in [6.07, 6.45) is 2.59. The van der Waals surface area contributed by atoms with E-state index in [2.05, 4.69) is 15.2 Å². The lowest BCUT2D eigenvalue weighted by atomic mass is 10.1. The van der Waals surface area contributed by atoms with Crippen molar-refractivity contribution in [2.45, 2.75) is 26.2 Å². The molecule has 1 aromatic carbocycles. The van der Waals surface area contributed by atoms with Gasteiger partial charge in [-0.3, -0.25) is 15.1 Å². The van der Waals surface area contributed by atoms with Crippen molar-refractivity contribution in [3.05, 3.63) is 39.9 Å². The molecule has 0 saturated carbocycles. The molecule has 162 valence electrons. The summed E-state index contributed by atoms with van der Waals surface area (Å²) in [6.45, 7) is 5.70. The molecule has 10 heteroatoms. The van der Waals surface area contributed by atoms with Gasteiger partial charge in [-0.2, -0.15) is 0 Å². The van der Waals surface area contributed by atoms with Gasteiger partial charge in [0.15, 0.2) is 5.96 Å². The topological polar surface area (TPSA) is 100 Å². The molecular weight excluding hydrogens is 489 g/mol. The molecule has 1 fully saturated rings. The van der Waals surface area contributed by atoms with E-state index in [-0.39, 0.29) is 40.7 Å². The van der Waals surface area contributed by atoms with E-state index in [9.17, 15) is 14.9 Å². The molecule has 9 nitrogen and oxygen atoms in total. The Morgan fingerprint density at radius 2 is 1.79 bits per heavy atom. The van der Waals surface area contributed by atoms with Crippen molar-refractivity contribution in [1.29, 1.82) is 0 Å². The lowest BCUT2D eigenvalue weighted by Gasteiger charge is -2.35. The first-order chi connectivity index (χ1) is 13.5. The molecule has 0 atom stereocenters. The number of nitro groups is 1. The first kappa shape index (κ1) is 24.9. The maximum atomic E-state index is 11.8. The highest BCUT2D eigenvalue weighted by Gasteiger charge is 2.23. The number of hydrogen-bond donors (Lipinski definition) is 1. The predicted octanol–water partition coefficient (Wildman–Crippen LogP) is 2.89. The van der Waals surface area contributed by atoms with Crippen LogP contribution >= 0.6 is 24.0 Å². The molecule has 0 radical (unpaired) electrons. The number of aryl methyl sites for hydroxylation is 1. The number of aliphatic imine (C=N–C) groups is 1. The van der Waals surface area contributed by atoms with E-state index in [4.69, 9.17) is 4.74 Å².